The molecular weight excluding hydrogens is 488 g/mol. The third-order valence-electron chi connectivity index (χ3n) is 9.88. The lowest BCUT2D eigenvalue weighted by atomic mass is 9.59. The van der Waals surface area contributed by atoms with Crippen LogP contribution in [-0.2, 0) is 26.0 Å². The molecule has 2 bridgehead atoms. The van der Waals surface area contributed by atoms with E-state index in [0.29, 0.717) is 31.4 Å². The first-order valence-corrected chi connectivity index (χ1v) is 15.5. The average molecular weight is 533 g/mol. The molecular formula is C29H44N2O5S. The van der Waals surface area contributed by atoms with Crippen LogP contribution in [0.5, 0.6) is 5.75 Å². The number of nitrogens with one attached hydrogen (secondary N) is 2. The second-order valence-electron chi connectivity index (χ2n) is 13.4. The minimum atomic E-state index is -3.63. The molecule has 4 aliphatic rings. The van der Waals surface area contributed by atoms with Crippen molar-refractivity contribution in [1.29, 1.82) is 0 Å². The van der Waals surface area contributed by atoms with Gasteiger partial charge in [0.25, 0.3) is 0 Å². The molecule has 0 aromatic heterocycles. The van der Waals surface area contributed by atoms with E-state index in [1.807, 2.05) is 13.8 Å². The van der Waals surface area contributed by atoms with Gasteiger partial charge in [-0.15, -0.1) is 0 Å². The number of sulfonamides is 1. The van der Waals surface area contributed by atoms with Gasteiger partial charge in [0.05, 0.1) is 11.0 Å². The number of carbonyl (C=O) groups excluding carboxylic acids is 1. The maximum atomic E-state index is 13.1. The van der Waals surface area contributed by atoms with Crippen LogP contribution in [0.1, 0.15) is 79.2 Å². The summed E-state index contributed by atoms with van der Waals surface area (Å²) in [5.41, 5.74) is 0.802. The van der Waals surface area contributed by atoms with E-state index in [9.17, 15) is 13.2 Å². The fourth-order valence-corrected chi connectivity index (χ4v) is 8.82. The number of hydrogen-bond donors (Lipinski definition) is 2. The van der Waals surface area contributed by atoms with E-state index in [0.717, 1.165) is 43.4 Å². The smallest absolute Gasteiger partial charge is 0.240 e. The lowest BCUT2D eigenvalue weighted by Crippen LogP contribution is -2.60. The molecule has 2 aliphatic carbocycles. The summed E-state index contributed by atoms with van der Waals surface area (Å²) in [6, 6.07) is 5.29. The van der Waals surface area contributed by atoms with Gasteiger partial charge in [0.1, 0.15) is 11.4 Å². The molecule has 3 fully saturated rings. The topological polar surface area (TPSA) is 93.7 Å². The molecule has 2 saturated carbocycles. The van der Waals surface area contributed by atoms with Crippen molar-refractivity contribution < 1.29 is 22.7 Å². The monoisotopic (exact) mass is 532 g/mol. The first kappa shape index (κ1) is 26.9. The van der Waals surface area contributed by atoms with Crippen LogP contribution in [0.25, 0.3) is 0 Å². The molecule has 2 aliphatic heterocycles. The number of fused-ring (bicyclic) bond motifs is 2. The fraction of sp³-hybridized carbons (Fsp3) is 0.759. The van der Waals surface area contributed by atoms with Crippen molar-refractivity contribution in [3.8, 4) is 5.75 Å². The Hall–Kier alpha value is -1.64. The number of aryl methyl sites for hydroxylation is 1. The van der Waals surface area contributed by atoms with Crippen LogP contribution >= 0.6 is 0 Å². The van der Waals surface area contributed by atoms with Crippen molar-refractivity contribution in [2.45, 2.75) is 103 Å². The molecule has 2 heterocycles. The first-order chi connectivity index (χ1) is 17.3. The highest BCUT2D eigenvalue weighted by Crippen LogP contribution is 2.68. The zero-order valence-electron chi connectivity index (χ0n) is 23.2. The molecule has 1 aromatic carbocycles. The minimum absolute atomic E-state index is 0.00448. The van der Waals surface area contributed by atoms with Gasteiger partial charge in [0.2, 0.25) is 15.9 Å². The van der Waals surface area contributed by atoms with Crippen molar-refractivity contribution in [3.63, 3.8) is 0 Å². The Morgan fingerprint density at radius 1 is 1.16 bits per heavy atom. The van der Waals surface area contributed by atoms with E-state index in [1.54, 1.807) is 18.2 Å². The van der Waals surface area contributed by atoms with Crippen LogP contribution in [-0.4, -0.2) is 45.2 Å². The molecule has 1 spiro atoms. The van der Waals surface area contributed by atoms with E-state index >= 15 is 0 Å². The summed E-state index contributed by atoms with van der Waals surface area (Å²) in [7, 11) is -3.63. The highest BCUT2D eigenvalue weighted by Gasteiger charge is 2.68. The zero-order chi connectivity index (χ0) is 26.8. The van der Waals surface area contributed by atoms with Crippen molar-refractivity contribution >= 4 is 15.9 Å². The van der Waals surface area contributed by atoms with Crippen LogP contribution < -0.4 is 14.8 Å². The summed E-state index contributed by atoms with van der Waals surface area (Å²) in [5, 5.41) is 3.43. The predicted octanol–water partition coefficient (Wildman–Crippen LogP) is 4.44. The summed E-state index contributed by atoms with van der Waals surface area (Å²) in [6.45, 7) is 13.6. The quantitative estimate of drug-likeness (QED) is 0.542. The Balaban J connectivity index is 1.25. The second kappa shape index (κ2) is 9.23. The molecule has 37 heavy (non-hydrogen) atoms. The van der Waals surface area contributed by atoms with Gasteiger partial charge in [-0.05, 0) is 98.8 Å². The van der Waals surface area contributed by atoms with Gasteiger partial charge >= 0.3 is 0 Å². The average Bonchev–Trinajstić information content (AvgIpc) is 3.31. The Morgan fingerprint density at radius 3 is 2.65 bits per heavy atom. The molecule has 7 nitrogen and oxygen atoms in total. The maximum Gasteiger partial charge on any atom is 0.240 e. The van der Waals surface area contributed by atoms with Crippen LogP contribution in [0.3, 0.4) is 0 Å². The summed E-state index contributed by atoms with van der Waals surface area (Å²) in [4.78, 5) is 13.0. The third-order valence-corrected chi connectivity index (χ3v) is 11.3. The Kier molecular flexibility index (Phi) is 6.72. The number of benzene rings is 1. The van der Waals surface area contributed by atoms with Gasteiger partial charge in [-0.25, -0.2) is 13.1 Å². The molecule has 1 amide bonds. The summed E-state index contributed by atoms with van der Waals surface area (Å²) >= 11 is 0. The van der Waals surface area contributed by atoms with Crippen molar-refractivity contribution in [1.82, 2.24) is 10.0 Å². The second-order valence-corrected chi connectivity index (χ2v) is 15.1. The largest absolute Gasteiger partial charge is 0.488 e. The lowest BCUT2D eigenvalue weighted by molar-refractivity contribution is -0.138. The van der Waals surface area contributed by atoms with Gasteiger partial charge in [0, 0.05) is 25.1 Å². The highest BCUT2D eigenvalue weighted by atomic mass is 32.2. The van der Waals surface area contributed by atoms with Crippen molar-refractivity contribution in [3.05, 3.63) is 23.8 Å². The van der Waals surface area contributed by atoms with Crippen molar-refractivity contribution in [2.75, 3.05) is 13.2 Å². The Bertz CT molecular complexity index is 1160. The molecule has 0 radical (unpaired) electrons. The van der Waals surface area contributed by atoms with Gasteiger partial charge in [0.15, 0.2) is 0 Å². The first-order valence-electron chi connectivity index (χ1n) is 14.0. The molecule has 1 saturated heterocycles. The van der Waals surface area contributed by atoms with Crippen LogP contribution in [0.4, 0.5) is 0 Å². The molecule has 1 aromatic rings. The predicted molar refractivity (Wildman–Crippen MR) is 143 cm³/mol. The zero-order valence-corrected chi connectivity index (χ0v) is 24.0. The number of rotatable bonds is 7. The van der Waals surface area contributed by atoms with E-state index in [4.69, 9.17) is 9.47 Å². The lowest BCUT2D eigenvalue weighted by Gasteiger charge is -2.53. The standard InChI is InChI=1S/C29H44N2O5S/c1-18(2)25(32)31-26-28(5,6)20-16-22-24(35-14-12-29(22,26)17-20)10-13-30-37(33,34)21-7-8-23-19(15-21)9-11-27(3,4)36-23/h7-8,15,18,20,22,24,26,30H,9-14,16-17H2,1-6H3,(H,31,32)/t20-,22-,24-,26+,29-/m1/s1. The van der Waals surface area contributed by atoms with Gasteiger partial charge in [-0.2, -0.15) is 0 Å². The molecule has 5 rings (SSSR count). The Morgan fingerprint density at radius 2 is 1.92 bits per heavy atom. The van der Waals surface area contributed by atoms with Crippen LogP contribution in [0.15, 0.2) is 23.1 Å². The number of carbonyl (C=O) groups is 1. The van der Waals surface area contributed by atoms with Crippen LogP contribution in [0.2, 0.25) is 0 Å². The highest BCUT2D eigenvalue weighted by molar-refractivity contribution is 7.89. The number of hydrogen-bond acceptors (Lipinski definition) is 5. The molecule has 8 heteroatoms. The van der Waals surface area contributed by atoms with E-state index < -0.39 is 10.0 Å². The molecule has 5 atom stereocenters. The molecule has 206 valence electrons. The van der Waals surface area contributed by atoms with E-state index in [1.165, 1.54) is 0 Å². The fourth-order valence-electron chi connectivity index (χ4n) is 7.72. The minimum Gasteiger partial charge on any atom is -0.488 e. The van der Waals surface area contributed by atoms with Gasteiger partial charge in [-0.1, -0.05) is 27.7 Å². The van der Waals surface area contributed by atoms with Gasteiger partial charge in [-0.3, -0.25) is 4.79 Å². The van der Waals surface area contributed by atoms with Crippen molar-refractivity contribution in [2.24, 2.45) is 28.6 Å². The molecule has 0 unspecified atom stereocenters. The SMILES string of the molecule is CC(C)C(=O)N[C@H]1C(C)(C)[C@@H]2C[C@@H]3[C@@H](CCNS(=O)(=O)c4ccc5c(c4)CCC(C)(C)O5)OCC[C@@]31C2. The maximum absolute atomic E-state index is 13.1. The number of amides is 1. The van der Waals surface area contributed by atoms with Crippen LogP contribution in [0, 0.1) is 28.6 Å². The van der Waals surface area contributed by atoms with Gasteiger partial charge < -0.3 is 14.8 Å². The van der Waals surface area contributed by atoms with E-state index in [-0.39, 0.29) is 45.3 Å². The Labute approximate surface area is 222 Å². The summed E-state index contributed by atoms with van der Waals surface area (Å²) < 4.78 is 41.3. The number of ether oxygens (including phenoxy) is 2. The summed E-state index contributed by atoms with van der Waals surface area (Å²) in [5.74, 6) is 1.73. The third kappa shape index (κ3) is 4.71. The molecule has 2 N–H and O–H groups in total. The van der Waals surface area contributed by atoms with E-state index in [2.05, 4.69) is 37.7 Å². The normalized spacial score (nSPS) is 33.5. The summed E-state index contributed by atoms with van der Waals surface area (Å²) in [6.07, 6.45) is 5.44.